The van der Waals surface area contributed by atoms with E-state index in [1.165, 1.54) is 0 Å². The van der Waals surface area contributed by atoms with Crippen LogP contribution < -0.4 is 10.0 Å². The van der Waals surface area contributed by atoms with E-state index in [0.29, 0.717) is 18.0 Å². The number of aryl methyl sites for hydroxylation is 1. The standard InChI is InChI=1S/C12H23N3O2S2/c1-4-13-9-11-8-12(10-15(11)2)19(16,17)14-6-5-7-18-3/h8,10,13-14H,4-7,9H2,1-3H3. The van der Waals surface area contributed by atoms with E-state index in [1.807, 2.05) is 24.8 Å². The third-order valence-electron chi connectivity index (χ3n) is 2.77. The number of nitrogens with zero attached hydrogens (tertiary/aromatic N) is 1. The maximum absolute atomic E-state index is 12.1. The molecule has 1 aromatic rings. The topological polar surface area (TPSA) is 63.1 Å². The molecule has 1 rings (SSSR count). The van der Waals surface area contributed by atoms with Crippen molar-refractivity contribution in [3.8, 4) is 0 Å². The molecule has 19 heavy (non-hydrogen) atoms. The van der Waals surface area contributed by atoms with Crippen LogP contribution in [0.2, 0.25) is 0 Å². The maximum atomic E-state index is 12.1. The van der Waals surface area contributed by atoms with Crippen LogP contribution in [-0.4, -0.2) is 38.1 Å². The zero-order valence-corrected chi connectivity index (χ0v) is 13.4. The van der Waals surface area contributed by atoms with Crippen LogP contribution in [0.25, 0.3) is 0 Å². The summed E-state index contributed by atoms with van der Waals surface area (Å²) < 4.78 is 28.6. The molecular formula is C12H23N3O2S2. The highest BCUT2D eigenvalue weighted by atomic mass is 32.2. The summed E-state index contributed by atoms with van der Waals surface area (Å²) in [5, 5.41) is 3.19. The lowest BCUT2D eigenvalue weighted by molar-refractivity contribution is 0.581. The highest BCUT2D eigenvalue weighted by Gasteiger charge is 2.16. The predicted molar refractivity (Wildman–Crippen MR) is 81.0 cm³/mol. The van der Waals surface area contributed by atoms with E-state index in [9.17, 15) is 8.42 Å². The van der Waals surface area contributed by atoms with Gasteiger partial charge in [0, 0.05) is 32.0 Å². The molecule has 0 aromatic carbocycles. The van der Waals surface area contributed by atoms with Crippen molar-refractivity contribution in [2.24, 2.45) is 7.05 Å². The van der Waals surface area contributed by atoms with Crippen LogP contribution in [-0.2, 0) is 23.6 Å². The van der Waals surface area contributed by atoms with Gasteiger partial charge in [-0.25, -0.2) is 13.1 Å². The van der Waals surface area contributed by atoms with Crippen LogP contribution in [0.4, 0.5) is 0 Å². The van der Waals surface area contributed by atoms with Crippen molar-refractivity contribution >= 4 is 21.8 Å². The minimum atomic E-state index is -3.38. The van der Waals surface area contributed by atoms with Crippen LogP contribution in [0.3, 0.4) is 0 Å². The Morgan fingerprint density at radius 2 is 2.16 bits per heavy atom. The molecule has 0 radical (unpaired) electrons. The highest BCUT2D eigenvalue weighted by Crippen LogP contribution is 2.13. The monoisotopic (exact) mass is 305 g/mol. The zero-order chi connectivity index (χ0) is 14.3. The summed E-state index contributed by atoms with van der Waals surface area (Å²) in [6, 6.07) is 1.72. The van der Waals surface area contributed by atoms with Crippen LogP contribution in [0, 0.1) is 0 Å². The molecule has 0 amide bonds. The average Bonchev–Trinajstić information content (AvgIpc) is 2.74. The van der Waals surface area contributed by atoms with Crippen molar-refractivity contribution in [1.82, 2.24) is 14.6 Å². The smallest absolute Gasteiger partial charge is 0.242 e. The Balaban J connectivity index is 2.67. The van der Waals surface area contributed by atoms with Crippen LogP contribution in [0.15, 0.2) is 17.2 Å². The molecule has 0 aliphatic heterocycles. The average molecular weight is 305 g/mol. The Bertz CT molecular complexity index is 483. The van der Waals surface area contributed by atoms with E-state index in [4.69, 9.17) is 0 Å². The van der Waals surface area contributed by atoms with Crippen molar-refractivity contribution in [2.75, 3.05) is 25.1 Å². The van der Waals surface area contributed by atoms with Gasteiger partial charge < -0.3 is 9.88 Å². The lowest BCUT2D eigenvalue weighted by Crippen LogP contribution is -2.24. The third-order valence-corrected chi connectivity index (χ3v) is 4.89. The number of hydrogen-bond acceptors (Lipinski definition) is 4. The Morgan fingerprint density at radius 1 is 1.42 bits per heavy atom. The highest BCUT2D eigenvalue weighted by molar-refractivity contribution is 7.98. The summed E-state index contributed by atoms with van der Waals surface area (Å²) >= 11 is 1.72. The van der Waals surface area contributed by atoms with E-state index in [2.05, 4.69) is 10.0 Å². The second kappa shape index (κ2) is 7.94. The predicted octanol–water partition coefficient (Wildman–Crippen LogP) is 1.17. The van der Waals surface area contributed by atoms with Gasteiger partial charge in [0.2, 0.25) is 10.0 Å². The lowest BCUT2D eigenvalue weighted by atomic mass is 10.4. The van der Waals surface area contributed by atoms with Crippen molar-refractivity contribution < 1.29 is 8.42 Å². The molecule has 0 aliphatic carbocycles. The Hall–Kier alpha value is -0.500. The lowest BCUT2D eigenvalue weighted by Gasteiger charge is -2.03. The summed E-state index contributed by atoms with van der Waals surface area (Å²) in [6.45, 7) is 4.05. The molecule has 7 heteroatoms. The van der Waals surface area contributed by atoms with E-state index in [1.54, 1.807) is 24.0 Å². The van der Waals surface area contributed by atoms with E-state index in [0.717, 1.165) is 24.4 Å². The van der Waals surface area contributed by atoms with Gasteiger partial charge in [-0.3, -0.25) is 0 Å². The minimum Gasteiger partial charge on any atom is -0.352 e. The first-order valence-corrected chi connectivity index (χ1v) is 9.23. The molecule has 0 bridgehead atoms. The quantitative estimate of drug-likeness (QED) is 0.672. The van der Waals surface area contributed by atoms with Gasteiger partial charge in [-0.05, 0) is 31.0 Å². The Kier molecular flexibility index (Phi) is 6.92. The molecule has 0 spiro atoms. The molecule has 2 N–H and O–H groups in total. The first-order valence-electron chi connectivity index (χ1n) is 6.35. The first kappa shape index (κ1) is 16.6. The van der Waals surface area contributed by atoms with Gasteiger partial charge in [-0.1, -0.05) is 6.92 Å². The first-order chi connectivity index (χ1) is 9.01. The molecule has 110 valence electrons. The fraction of sp³-hybridized carbons (Fsp3) is 0.667. The fourth-order valence-corrected chi connectivity index (χ4v) is 3.26. The SMILES string of the molecule is CCNCc1cc(S(=O)(=O)NCCCSC)cn1C. The van der Waals surface area contributed by atoms with Crippen LogP contribution in [0.1, 0.15) is 19.0 Å². The van der Waals surface area contributed by atoms with E-state index in [-0.39, 0.29) is 0 Å². The minimum absolute atomic E-state index is 0.340. The molecule has 0 saturated heterocycles. The normalized spacial score (nSPS) is 11.9. The number of rotatable bonds is 9. The van der Waals surface area contributed by atoms with Gasteiger partial charge in [0.15, 0.2) is 0 Å². The van der Waals surface area contributed by atoms with Crippen molar-refractivity contribution in [1.29, 1.82) is 0 Å². The van der Waals surface area contributed by atoms with Gasteiger partial charge in [0.25, 0.3) is 0 Å². The summed E-state index contributed by atoms with van der Waals surface area (Å²) in [6.07, 6.45) is 4.51. The van der Waals surface area contributed by atoms with Crippen molar-refractivity contribution in [3.05, 3.63) is 18.0 Å². The van der Waals surface area contributed by atoms with E-state index >= 15 is 0 Å². The van der Waals surface area contributed by atoms with Crippen molar-refractivity contribution in [2.45, 2.75) is 24.8 Å². The van der Waals surface area contributed by atoms with Gasteiger partial charge in [0.1, 0.15) is 0 Å². The second-order valence-electron chi connectivity index (χ2n) is 4.30. The zero-order valence-electron chi connectivity index (χ0n) is 11.8. The molecule has 0 fully saturated rings. The number of thioether (sulfide) groups is 1. The maximum Gasteiger partial charge on any atom is 0.242 e. The summed E-state index contributed by atoms with van der Waals surface area (Å²) in [5.74, 6) is 0.961. The largest absolute Gasteiger partial charge is 0.352 e. The molecule has 1 aromatic heterocycles. The summed E-state index contributed by atoms with van der Waals surface area (Å²) in [5.41, 5.74) is 0.964. The van der Waals surface area contributed by atoms with Gasteiger partial charge in [0.05, 0.1) is 4.90 Å². The molecule has 0 aliphatic rings. The number of nitrogens with one attached hydrogen (secondary N) is 2. The molecule has 0 saturated carbocycles. The van der Waals surface area contributed by atoms with Gasteiger partial charge in [-0.2, -0.15) is 11.8 Å². The molecule has 5 nitrogen and oxygen atoms in total. The Labute approximate surface area is 120 Å². The number of aromatic nitrogens is 1. The van der Waals surface area contributed by atoms with Gasteiger partial charge >= 0.3 is 0 Å². The van der Waals surface area contributed by atoms with Gasteiger partial charge in [-0.15, -0.1) is 0 Å². The van der Waals surface area contributed by atoms with E-state index < -0.39 is 10.0 Å². The second-order valence-corrected chi connectivity index (χ2v) is 7.06. The molecular weight excluding hydrogens is 282 g/mol. The summed E-state index contributed by atoms with van der Waals surface area (Å²) in [4.78, 5) is 0.340. The van der Waals surface area contributed by atoms with Crippen LogP contribution >= 0.6 is 11.8 Å². The Morgan fingerprint density at radius 3 is 2.79 bits per heavy atom. The molecule has 0 atom stereocenters. The number of hydrogen-bond donors (Lipinski definition) is 2. The fourth-order valence-electron chi connectivity index (χ4n) is 1.66. The summed E-state index contributed by atoms with van der Waals surface area (Å²) in [7, 11) is -1.51. The van der Waals surface area contributed by atoms with Crippen LogP contribution in [0.5, 0.6) is 0 Å². The molecule has 0 unspecified atom stereocenters. The van der Waals surface area contributed by atoms with Crippen molar-refractivity contribution in [3.63, 3.8) is 0 Å². The third kappa shape index (κ3) is 5.18. The molecule has 1 heterocycles. The number of sulfonamides is 1.